The van der Waals surface area contributed by atoms with E-state index in [1.165, 1.54) is 14.1 Å². The van der Waals surface area contributed by atoms with Crippen LogP contribution in [0.3, 0.4) is 0 Å². The Morgan fingerprint density at radius 1 is 0.733 bits per heavy atom. The molecule has 30 heavy (non-hydrogen) atoms. The van der Waals surface area contributed by atoms with Crippen molar-refractivity contribution >= 4 is 17.0 Å². The van der Waals surface area contributed by atoms with Crippen molar-refractivity contribution in [1.82, 2.24) is 4.90 Å². The molecule has 0 aromatic heterocycles. The number of halogens is 9. The van der Waals surface area contributed by atoms with Crippen molar-refractivity contribution in [3.05, 3.63) is 53.1 Å². The summed E-state index contributed by atoms with van der Waals surface area (Å²) in [6.07, 6.45) is -15.3. The van der Waals surface area contributed by atoms with Crippen molar-refractivity contribution in [3.8, 4) is 11.1 Å². The average Bonchev–Trinajstić information content (AvgIpc) is 2.59. The Kier molecular flexibility index (Phi) is 6.41. The number of carbonyl (C=O) groups excluding carboxylic acids is 1. The Labute approximate surface area is 168 Å². The van der Waals surface area contributed by atoms with Crippen molar-refractivity contribution in [3.63, 3.8) is 0 Å². The van der Waals surface area contributed by atoms with Crippen molar-refractivity contribution < 1.29 is 44.3 Å². The van der Waals surface area contributed by atoms with Gasteiger partial charge in [0.25, 0.3) is 5.24 Å². The molecule has 0 aliphatic heterocycles. The first-order chi connectivity index (χ1) is 13.5. The van der Waals surface area contributed by atoms with Gasteiger partial charge in [-0.25, -0.2) is 0 Å². The molecule has 0 fully saturated rings. The van der Waals surface area contributed by atoms with Gasteiger partial charge in [0.2, 0.25) is 0 Å². The second-order valence-electron chi connectivity index (χ2n) is 6.27. The van der Waals surface area contributed by atoms with Crippen molar-refractivity contribution in [2.75, 3.05) is 14.1 Å². The van der Waals surface area contributed by atoms with Crippen molar-refractivity contribution in [1.29, 1.82) is 0 Å². The fourth-order valence-corrected chi connectivity index (χ4v) is 3.11. The molecular formula is C18H12F9NOS. The zero-order chi connectivity index (χ0) is 23.1. The molecule has 164 valence electrons. The lowest BCUT2D eigenvalue weighted by molar-refractivity contribution is -0.143. The SMILES string of the molecule is CN(C)C(=O)Sc1ccc(C(F)(F)F)cc1-c1cc(C(F)(F)F)cc(C(F)(F)F)c1. The van der Waals surface area contributed by atoms with Gasteiger partial charge in [-0.3, -0.25) is 4.79 Å². The molecule has 0 heterocycles. The summed E-state index contributed by atoms with van der Waals surface area (Å²) in [5.74, 6) is 0. The lowest BCUT2D eigenvalue weighted by Crippen LogP contribution is -2.16. The molecule has 0 radical (unpaired) electrons. The molecule has 12 heteroatoms. The van der Waals surface area contributed by atoms with Gasteiger partial charge in [-0.2, -0.15) is 39.5 Å². The highest BCUT2D eigenvalue weighted by Gasteiger charge is 2.38. The van der Waals surface area contributed by atoms with Crippen LogP contribution in [0.25, 0.3) is 11.1 Å². The minimum absolute atomic E-state index is 0.130. The number of alkyl halides is 9. The Hall–Kier alpha value is -2.37. The fourth-order valence-electron chi connectivity index (χ4n) is 2.32. The summed E-state index contributed by atoms with van der Waals surface area (Å²) >= 11 is 0.376. The number of thioether (sulfide) groups is 1. The van der Waals surface area contributed by atoms with Gasteiger partial charge in [-0.1, -0.05) is 0 Å². The number of hydrogen-bond acceptors (Lipinski definition) is 2. The van der Waals surface area contributed by atoms with Gasteiger partial charge in [0.05, 0.1) is 16.7 Å². The highest BCUT2D eigenvalue weighted by Crippen LogP contribution is 2.42. The predicted molar refractivity (Wildman–Crippen MR) is 91.8 cm³/mol. The van der Waals surface area contributed by atoms with Gasteiger partial charge < -0.3 is 4.90 Å². The third-order valence-electron chi connectivity index (χ3n) is 3.77. The van der Waals surface area contributed by atoms with E-state index in [4.69, 9.17) is 0 Å². The highest BCUT2D eigenvalue weighted by molar-refractivity contribution is 8.13. The van der Waals surface area contributed by atoms with Crippen LogP contribution in [-0.2, 0) is 18.5 Å². The van der Waals surface area contributed by atoms with E-state index in [9.17, 15) is 44.3 Å². The highest BCUT2D eigenvalue weighted by atomic mass is 32.2. The maximum atomic E-state index is 13.1. The molecule has 2 aromatic carbocycles. The molecule has 0 saturated carbocycles. The van der Waals surface area contributed by atoms with Crippen LogP contribution in [0.5, 0.6) is 0 Å². The lowest BCUT2D eigenvalue weighted by atomic mass is 9.97. The summed E-state index contributed by atoms with van der Waals surface area (Å²) in [6.45, 7) is 0. The smallest absolute Gasteiger partial charge is 0.339 e. The van der Waals surface area contributed by atoms with Gasteiger partial charge in [-0.15, -0.1) is 0 Å². The predicted octanol–water partition coefficient (Wildman–Crippen LogP) is 7.18. The van der Waals surface area contributed by atoms with Crippen LogP contribution in [0.1, 0.15) is 16.7 Å². The number of rotatable bonds is 2. The Balaban J connectivity index is 2.80. The molecule has 1 amide bonds. The summed E-state index contributed by atoms with van der Waals surface area (Å²) in [4.78, 5) is 12.8. The first-order valence-corrected chi connectivity index (χ1v) is 8.72. The molecule has 2 aromatic rings. The molecule has 0 N–H and O–H groups in total. The lowest BCUT2D eigenvalue weighted by Gasteiger charge is -2.18. The van der Waals surface area contributed by atoms with Gasteiger partial charge in [0, 0.05) is 19.0 Å². The van der Waals surface area contributed by atoms with Crippen LogP contribution in [0.2, 0.25) is 0 Å². The number of nitrogens with zero attached hydrogens (tertiary/aromatic N) is 1. The Bertz CT molecular complexity index is 914. The van der Waals surface area contributed by atoms with Crippen LogP contribution >= 0.6 is 11.8 Å². The van der Waals surface area contributed by atoms with E-state index in [2.05, 4.69) is 0 Å². The van der Waals surface area contributed by atoms with E-state index in [0.29, 0.717) is 36.0 Å². The fraction of sp³-hybridized carbons (Fsp3) is 0.278. The average molecular weight is 461 g/mol. The standard InChI is InChI=1S/C18H12F9NOS/c1-28(2)15(29)30-14-4-3-10(16(19,20)21)8-13(14)9-5-11(17(22,23)24)7-12(6-9)18(25,26)27/h3-8H,1-2H3. The Morgan fingerprint density at radius 2 is 1.20 bits per heavy atom. The summed E-state index contributed by atoms with van der Waals surface area (Å²) in [5, 5.41) is -0.681. The minimum atomic E-state index is -5.18. The maximum absolute atomic E-state index is 13.1. The van der Waals surface area contributed by atoms with Crippen molar-refractivity contribution in [2.24, 2.45) is 0 Å². The topological polar surface area (TPSA) is 20.3 Å². The second-order valence-corrected chi connectivity index (χ2v) is 7.26. The first-order valence-electron chi connectivity index (χ1n) is 7.90. The molecule has 2 rings (SSSR count). The van der Waals surface area contributed by atoms with Crippen LogP contribution in [0.4, 0.5) is 44.3 Å². The van der Waals surface area contributed by atoms with Crippen LogP contribution in [0.15, 0.2) is 41.3 Å². The van der Waals surface area contributed by atoms with E-state index in [1.807, 2.05) is 0 Å². The Morgan fingerprint density at radius 3 is 1.60 bits per heavy atom. The normalized spacial score (nSPS) is 12.8. The minimum Gasteiger partial charge on any atom is -0.339 e. The maximum Gasteiger partial charge on any atom is 0.416 e. The van der Waals surface area contributed by atoms with Crippen LogP contribution < -0.4 is 0 Å². The quantitative estimate of drug-likeness (QED) is 0.349. The van der Waals surface area contributed by atoms with Gasteiger partial charge in [0.1, 0.15) is 0 Å². The van der Waals surface area contributed by atoms with E-state index >= 15 is 0 Å². The molecule has 0 bridgehead atoms. The number of benzene rings is 2. The largest absolute Gasteiger partial charge is 0.416 e. The first kappa shape index (κ1) is 23.9. The van der Waals surface area contributed by atoms with Crippen molar-refractivity contribution in [2.45, 2.75) is 23.4 Å². The molecule has 0 aliphatic carbocycles. The van der Waals surface area contributed by atoms with E-state index in [-0.39, 0.29) is 11.0 Å². The van der Waals surface area contributed by atoms with E-state index in [0.717, 1.165) is 11.0 Å². The zero-order valence-corrected chi connectivity index (χ0v) is 15.9. The van der Waals surface area contributed by atoms with Crippen LogP contribution in [0, 0.1) is 0 Å². The summed E-state index contributed by atoms with van der Waals surface area (Å²) < 4.78 is 118. The third kappa shape index (κ3) is 5.61. The molecule has 0 saturated heterocycles. The third-order valence-corrected chi connectivity index (χ3v) is 4.88. The summed E-state index contributed by atoms with van der Waals surface area (Å²) in [5.41, 5.74) is -5.98. The number of carbonyl (C=O) groups is 1. The molecular weight excluding hydrogens is 449 g/mol. The van der Waals surface area contributed by atoms with Gasteiger partial charge in [-0.05, 0) is 59.3 Å². The zero-order valence-electron chi connectivity index (χ0n) is 15.1. The van der Waals surface area contributed by atoms with E-state index < -0.39 is 51.6 Å². The summed E-state index contributed by atoms with van der Waals surface area (Å²) in [7, 11) is 2.65. The van der Waals surface area contributed by atoms with Gasteiger partial charge >= 0.3 is 18.5 Å². The molecule has 0 spiro atoms. The molecule has 2 nitrogen and oxygen atoms in total. The van der Waals surface area contributed by atoms with Crippen LogP contribution in [-0.4, -0.2) is 24.2 Å². The second kappa shape index (κ2) is 8.05. The molecule has 0 unspecified atom stereocenters. The van der Waals surface area contributed by atoms with Gasteiger partial charge in [0.15, 0.2) is 0 Å². The monoisotopic (exact) mass is 461 g/mol. The van der Waals surface area contributed by atoms with E-state index in [1.54, 1.807) is 0 Å². The summed E-state index contributed by atoms with van der Waals surface area (Å²) in [6, 6.07) is 2.34. The molecule has 0 atom stereocenters. The number of hydrogen-bond donors (Lipinski definition) is 0. The number of amides is 1. The molecule has 0 aliphatic rings.